The van der Waals surface area contributed by atoms with Crippen molar-refractivity contribution >= 4 is 39.0 Å². The number of aromatic nitrogens is 3. The predicted molar refractivity (Wildman–Crippen MR) is 229 cm³/mol. The molecule has 10 rings (SSSR count). The lowest BCUT2D eigenvalue weighted by atomic mass is 10.0. The Hall–Kier alpha value is -7.63. The van der Waals surface area contributed by atoms with Crippen molar-refractivity contribution < 1.29 is 4.42 Å². The Kier molecular flexibility index (Phi) is 8.43. The molecule has 0 amide bonds. The maximum absolute atomic E-state index is 6.66. The van der Waals surface area contributed by atoms with Crippen molar-refractivity contribution in [2.75, 3.05) is 4.90 Å². The minimum atomic E-state index is 0.588. The highest BCUT2D eigenvalue weighted by Gasteiger charge is 2.18. The maximum atomic E-state index is 6.66. The molecule has 0 atom stereocenters. The summed E-state index contributed by atoms with van der Waals surface area (Å²) in [6, 6.07) is 71.2. The van der Waals surface area contributed by atoms with Crippen molar-refractivity contribution in [3.63, 3.8) is 0 Å². The van der Waals surface area contributed by atoms with Crippen molar-refractivity contribution in [3.8, 4) is 56.4 Å². The third-order valence-electron chi connectivity index (χ3n) is 10.1. The Morgan fingerprint density at radius 1 is 0.286 bits per heavy atom. The van der Waals surface area contributed by atoms with Gasteiger partial charge < -0.3 is 9.32 Å². The number of nitrogens with zero attached hydrogens (tertiary/aromatic N) is 4. The number of furan rings is 1. The predicted octanol–water partition coefficient (Wildman–Crippen LogP) is 13.6. The van der Waals surface area contributed by atoms with Crippen LogP contribution in [0.4, 0.5) is 17.1 Å². The fourth-order valence-corrected chi connectivity index (χ4v) is 7.30. The first-order valence-corrected chi connectivity index (χ1v) is 18.7. The van der Waals surface area contributed by atoms with Crippen LogP contribution in [0.15, 0.2) is 211 Å². The fraction of sp³-hybridized carbons (Fsp3) is 0. The first-order valence-electron chi connectivity index (χ1n) is 18.7. The third-order valence-corrected chi connectivity index (χ3v) is 10.1. The second kappa shape index (κ2) is 14.3. The van der Waals surface area contributed by atoms with Crippen molar-refractivity contribution in [1.82, 2.24) is 15.0 Å². The van der Waals surface area contributed by atoms with Crippen LogP contribution in [-0.2, 0) is 0 Å². The van der Waals surface area contributed by atoms with E-state index >= 15 is 0 Å². The summed E-state index contributed by atoms with van der Waals surface area (Å²) in [7, 11) is 0. The van der Waals surface area contributed by atoms with Crippen LogP contribution in [0.25, 0.3) is 78.4 Å². The lowest BCUT2D eigenvalue weighted by Crippen LogP contribution is -2.09. The molecule has 5 nitrogen and oxygen atoms in total. The molecule has 8 aromatic carbocycles. The highest BCUT2D eigenvalue weighted by atomic mass is 16.3. The van der Waals surface area contributed by atoms with Gasteiger partial charge in [-0.25, -0.2) is 15.0 Å². The Morgan fingerprint density at radius 2 is 0.625 bits per heavy atom. The second-order valence-corrected chi connectivity index (χ2v) is 13.7. The minimum absolute atomic E-state index is 0.588. The SMILES string of the molecule is c1ccc(-c2ccc(N(c3ccc(-c4ccccc4)cc3)c3ccc4c(c3)oc3cc(-c5nc(-c6ccccc6)nc(-c6ccccc6)n5)ccc34)cc2)cc1. The molecule has 0 bridgehead atoms. The van der Waals surface area contributed by atoms with Gasteiger partial charge in [0.25, 0.3) is 0 Å². The fourth-order valence-electron chi connectivity index (χ4n) is 7.30. The zero-order valence-electron chi connectivity index (χ0n) is 30.3. The largest absolute Gasteiger partial charge is 0.456 e. The number of benzene rings is 8. The summed E-state index contributed by atoms with van der Waals surface area (Å²) in [5.41, 5.74) is 12.1. The summed E-state index contributed by atoms with van der Waals surface area (Å²) in [5.74, 6) is 1.83. The van der Waals surface area contributed by atoms with Gasteiger partial charge in [0.05, 0.1) is 0 Å². The first kappa shape index (κ1) is 33.0. The van der Waals surface area contributed by atoms with Crippen LogP contribution in [0, 0.1) is 0 Å². The van der Waals surface area contributed by atoms with Crippen molar-refractivity contribution in [3.05, 3.63) is 206 Å². The first-order chi connectivity index (χ1) is 27.7. The zero-order chi connectivity index (χ0) is 37.3. The van der Waals surface area contributed by atoms with Crippen LogP contribution in [0.5, 0.6) is 0 Å². The monoisotopic (exact) mass is 718 g/mol. The van der Waals surface area contributed by atoms with E-state index in [-0.39, 0.29) is 0 Å². The van der Waals surface area contributed by atoms with Gasteiger partial charge in [0, 0.05) is 50.6 Å². The molecule has 0 aliphatic carbocycles. The Labute approximate surface area is 324 Å². The van der Waals surface area contributed by atoms with Crippen LogP contribution in [0.1, 0.15) is 0 Å². The summed E-state index contributed by atoms with van der Waals surface area (Å²) >= 11 is 0. The summed E-state index contributed by atoms with van der Waals surface area (Å²) < 4.78 is 6.66. The van der Waals surface area contributed by atoms with Crippen molar-refractivity contribution in [2.24, 2.45) is 0 Å². The highest BCUT2D eigenvalue weighted by Crippen LogP contribution is 2.40. The van der Waals surface area contributed by atoms with E-state index in [0.717, 1.165) is 55.7 Å². The van der Waals surface area contributed by atoms with E-state index in [2.05, 4.69) is 132 Å². The lowest BCUT2D eigenvalue weighted by molar-refractivity contribution is 0.669. The molecular weight excluding hydrogens is 685 g/mol. The highest BCUT2D eigenvalue weighted by molar-refractivity contribution is 6.07. The molecule has 0 aliphatic rings. The van der Waals surface area contributed by atoms with Gasteiger partial charge >= 0.3 is 0 Å². The average Bonchev–Trinajstić information content (AvgIpc) is 3.65. The van der Waals surface area contributed by atoms with Gasteiger partial charge in [-0.05, 0) is 70.8 Å². The van der Waals surface area contributed by atoms with E-state index in [1.165, 1.54) is 22.3 Å². The van der Waals surface area contributed by atoms with Crippen molar-refractivity contribution in [2.45, 2.75) is 0 Å². The van der Waals surface area contributed by atoms with E-state index < -0.39 is 0 Å². The van der Waals surface area contributed by atoms with E-state index in [1.807, 2.05) is 78.9 Å². The molecule has 0 fully saturated rings. The molecule has 0 unspecified atom stereocenters. The van der Waals surface area contributed by atoms with Gasteiger partial charge in [0.2, 0.25) is 0 Å². The normalized spacial score (nSPS) is 11.2. The Morgan fingerprint density at radius 3 is 1.09 bits per heavy atom. The molecular formula is C51H34N4O. The number of anilines is 3. The zero-order valence-corrected chi connectivity index (χ0v) is 30.3. The quantitative estimate of drug-likeness (QED) is 0.157. The molecule has 5 heteroatoms. The molecule has 0 spiro atoms. The van der Waals surface area contributed by atoms with Crippen LogP contribution in [0.2, 0.25) is 0 Å². The molecule has 2 aromatic heterocycles. The molecule has 2 heterocycles. The average molecular weight is 719 g/mol. The van der Waals surface area contributed by atoms with Crippen LogP contribution >= 0.6 is 0 Å². The van der Waals surface area contributed by atoms with Gasteiger partial charge in [-0.3, -0.25) is 0 Å². The topological polar surface area (TPSA) is 55.1 Å². The Balaban J connectivity index is 1.06. The number of hydrogen-bond acceptors (Lipinski definition) is 5. The number of rotatable bonds is 8. The summed E-state index contributed by atoms with van der Waals surface area (Å²) in [4.78, 5) is 17.0. The molecule has 10 aromatic rings. The summed E-state index contributed by atoms with van der Waals surface area (Å²) in [6.07, 6.45) is 0. The molecule has 56 heavy (non-hydrogen) atoms. The van der Waals surface area contributed by atoms with Crippen LogP contribution in [0.3, 0.4) is 0 Å². The van der Waals surface area contributed by atoms with E-state index in [9.17, 15) is 0 Å². The van der Waals surface area contributed by atoms with Gasteiger partial charge in [-0.1, -0.05) is 152 Å². The lowest BCUT2D eigenvalue weighted by Gasteiger charge is -2.26. The molecule has 264 valence electrons. The molecule has 0 N–H and O–H groups in total. The Bertz CT molecular complexity index is 2790. The van der Waals surface area contributed by atoms with Gasteiger partial charge in [0.1, 0.15) is 11.2 Å². The second-order valence-electron chi connectivity index (χ2n) is 13.7. The third kappa shape index (κ3) is 6.37. The van der Waals surface area contributed by atoms with Gasteiger partial charge in [-0.15, -0.1) is 0 Å². The number of hydrogen-bond donors (Lipinski definition) is 0. The molecule has 0 saturated heterocycles. The molecule has 0 radical (unpaired) electrons. The van der Waals surface area contributed by atoms with Crippen LogP contribution in [-0.4, -0.2) is 15.0 Å². The van der Waals surface area contributed by atoms with E-state index in [1.54, 1.807) is 0 Å². The molecule has 0 saturated carbocycles. The van der Waals surface area contributed by atoms with E-state index in [4.69, 9.17) is 19.4 Å². The van der Waals surface area contributed by atoms with Gasteiger partial charge in [0.15, 0.2) is 17.5 Å². The van der Waals surface area contributed by atoms with E-state index in [0.29, 0.717) is 17.5 Å². The molecule has 0 aliphatic heterocycles. The summed E-state index contributed by atoms with van der Waals surface area (Å²) in [6.45, 7) is 0. The number of fused-ring (bicyclic) bond motifs is 3. The smallest absolute Gasteiger partial charge is 0.164 e. The minimum Gasteiger partial charge on any atom is -0.456 e. The van der Waals surface area contributed by atoms with Crippen LogP contribution < -0.4 is 4.90 Å². The van der Waals surface area contributed by atoms with Gasteiger partial charge in [-0.2, -0.15) is 0 Å². The summed E-state index contributed by atoms with van der Waals surface area (Å²) in [5, 5.41) is 2.07. The standard InChI is InChI=1S/C51H34N4O/c1-5-13-35(14-6-1)37-21-26-42(27-22-37)55(43-28-23-38(24-29-43)36-15-7-2-8-16-36)44-30-32-46-45-31-25-41(33-47(45)56-48(46)34-44)51-53-49(39-17-9-3-10-18-39)52-50(54-51)40-19-11-4-12-20-40/h1-34H. The van der Waals surface area contributed by atoms with Crippen molar-refractivity contribution in [1.29, 1.82) is 0 Å². The maximum Gasteiger partial charge on any atom is 0.164 e.